The van der Waals surface area contributed by atoms with Gasteiger partial charge in [-0.3, -0.25) is 4.98 Å². The number of nitrogens with zero attached hydrogens (tertiary/aromatic N) is 2. The molecule has 14 heavy (non-hydrogen) atoms. The summed E-state index contributed by atoms with van der Waals surface area (Å²) >= 11 is 1.68. The quantitative estimate of drug-likeness (QED) is 0.832. The molecular weight excluding hydrogens is 194 g/mol. The van der Waals surface area contributed by atoms with Crippen molar-refractivity contribution in [1.29, 1.82) is 0 Å². The molecule has 0 spiro atoms. The predicted molar refractivity (Wildman–Crippen MR) is 58.2 cm³/mol. The average Bonchev–Trinajstić information content (AvgIpc) is 2.69. The number of thiazole rings is 1. The number of rotatable bonds is 3. The highest BCUT2D eigenvalue weighted by Crippen LogP contribution is 2.13. The molecule has 0 aliphatic heterocycles. The molecule has 2 aromatic heterocycles. The van der Waals surface area contributed by atoms with E-state index in [0.29, 0.717) is 5.82 Å². The molecule has 0 aliphatic rings. The maximum absolute atomic E-state index is 5.74. The van der Waals surface area contributed by atoms with E-state index >= 15 is 0 Å². The van der Waals surface area contributed by atoms with Crippen LogP contribution in [-0.2, 0) is 12.8 Å². The molecule has 72 valence electrons. The van der Waals surface area contributed by atoms with Gasteiger partial charge in [-0.25, -0.2) is 4.98 Å². The van der Waals surface area contributed by atoms with Crippen molar-refractivity contribution in [1.82, 2.24) is 9.97 Å². The maximum atomic E-state index is 5.74. The molecule has 2 rings (SSSR count). The topological polar surface area (TPSA) is 51.8 Å². The van der Waals surface area contributed by atoms with Crippen molar-refractivity contribution < 1.29 is 0 Å². The van der Waals surface area contributed by atoms with Gasteiger partial charge >= 0.3 is 0 Å². The Kier molecular flexibility index (Phi) is 2.74. The average molecular weight is 205 g/mol. The SMILES string of the molecule is Nc1ncccc1CCc1cncs1. The molecule has 4 heteroatoms. The van der Waals surface area contributed by atoms with Crippen molar-refractivity contribution >= 4 is 17.2 Å². The van der Waals surface area contributed by atoms with Crippen LogP contribution in [0, 0.1) is 0 Å². The van der Waals surface area contributed by atoms with Gasteiger partial charge in [-0.2, -0.15) is 0 Å². The maximum Gasteiger partial charge on any atom is 0.126 e. The lowest BCUT2D eigenvalue weighted by Gasteiger charge is -2.01. The largest absolute Gasteiger partial charge is 0.383 e. The van der Waals surface area contributed by atoms with E-state index in [1.165, 1.54) is 4.88 Å². The smallest absolute Gasteiger partial charge is 0.126 e. The molecule has 3 nitrogen and oxygen atoms in total. The van der Waals surface area contributed by atoms with Crippen LogP contribution < -0.4 is 5.73 Å². The summed E-state index contributed by atoms with van der Waals surface area (Å²) in [6.45, 7) is 0. The fourth-order valence-electron chi connectivity index (χ4n) is 1.29. The van der Waals surface area contributed by atoms with Gasteiger partial charge < -0.3 is 5.73 Å². The van der Waals surface area contributed by atoms with Gasteiger partial charge in [-0.15, -0.1) is 11.3 Å². The molecule has 0 saturated heterocycles. The summed E-state index contributed by atoms with van der Waals surface area (Å²) in [4.78, 5) is 9.36. The van der Waals surface area contributed by atoms with Gasteiger partial charge in [0.2, 0.25) is 0 Å². The Morgan fingerprint density at radius 3 is 3.00 bits per heavy atom. The molecule has 2 aromatic rings. The van der Waals surface area contributed by atoms with Crippen molar-refractivity contribution in [2.24, 2.45) is 0 Å². The van der Waals surface area contributed by atoms with Crippen LogP contribution in [0.1, 0.15) is 10.4 Å². The van der Waals surface area contributed by atoms with Crippen molar-refractivity contribution in [3.05, 3.63) is 40.5 Å². The first-order valence-electron chi connectivity index (χ1n) is 4.43. The van der Waals surface area contributed by atoms with Gasteiger partial charge in [0.15, 0.2) is 0 Å². The summed E-state index contributed by atoms with van der Waals surface area (Å²) in [5.41, 5.74) is 8.70. The third-order valence-electron chi connectivity index (χ3n) is 2.05. The second kappa shape index (κ2) is 4.19. The number of aryl methyl sites for hydroxylation is 2. The van der Waals surface area contributed by atoms with Crippen LogP contribution >= 0.6 is 11.3 Å². The number of hydrogen-bond acceptors (Lipinski definition) is 4. The Hall–Kier alpha value is -1.42. The summed E-state index contributed by atoms with van der Waals surface area (Å²) < 4.78 is 0. The third kappa shape index (κ3) is 2.09. The predicted octanol–water partition coefficient (Wildman–Crippen LogP) is 1.91. The van der Waals surface area contributed by atoms with Crippen molar-refractivity contribution in [2.45, 2.75) is 12.8 Å². The first-order chi connectivity index (χ1) is 6.86. The highest BCUT2D eigenvalue weighted by molar-refractivity contribution is 7.09. The lowest BCUT2D eigenvalue weighted by molar-refractivity contribution is 0.969. The van der Waals surface area contributed by atoms with Crippen LogP contribution in [0.2, 0.25) is 0 Å². The van der Waals surface area contributed by atoms with Gasteiger partial charge in [0, 0.05) is 17.3 Å². The monoisotopic (exact) mass is 205 g/mol. The van der Waals surface area contributed by atoms with Crippen LogP contribution in [0.15, 0.2) is 30.0 Å². The molecule has 2 N–H and O–H groups in total. The van der Waals surface area contributed by atoms with E-state index in [2.05, 4.69) is 9.97 Å². The van der Waals surface area contributed by atoms with E-state index in [-0.39, 0.29) is 0 Å². The molecule has 0 radical (unpaired) electrons. The van der Waals surface area contributed by atoms with Gasteiger partial charge in [-0.1, -0.05) is 6.07 Å². The number of nitrogen functional groups attached to an aromatic ring is 1. The first kappa shape index (κ1) is 9.15. The Labute approximate surface area is 86.6 Å². The summed E-state index contributed by atoms with van der Waals surface area (Å²) in [5.74, 6) is 0.636. The van der Waals surface area contributed by atoms with Gasteiger partial charge in [-0.05, 0) is 24.5 Å². The first-order valence-corrected chi connectivity index (χ1v) is 5.31. The molecular formula is C10H11N3S. The molecule has 0 amide bonds. The van der Waals surface area contributed by atoms with E-state index in [1.807, 2.05) is 23.8 Å². The molecule has 0 aromatic carbocycles. The number of pyridine rings is 1. The highest BCUT2D eigenvalue weighted by Gasteiger charge is 2.00. The van der Waals surface area contributed by atoms with Crippen LogP contribution in [0.5, 0.6) is 0 Å². The standard InChI is InChI=1S/C10H11N3S/c11-10-8(2-1-5-13-10)3-4-9-6-12-7-14-9/h1-2,5-7H,3-4H2,(H2,11,13). The minimum atomic E-state index is 0.636. The van der Waals surface area contributed by atoms with Gasteiger partial charge in [0.05, 0.1) is 5.51 Å². The molecule has 0 aliphatic carbocycles. The number of anilines is 1. The number of aromatic nitrogens is 2. The fraction of sp³-hybridized carbons (Fsp3) is 0.200. The van der Waals surface area contributed by atoms with E-state index < -0.39 is 0 Å². The Morgan fingerprint density at radius 2 is 2.29 bits per heavy atom. The minimum Gasteiger partial charge on any atom is -0.383 e. The summed E-state index contributed by atoms with van der Waals surface area (Å²) in [7, 11) is 0. The van der Waals surface area contributed by atoms with E-state index in [0.717, 1.165) is 18.4 Å². The van der Waals surface area contributed by atoms with Crippen LogP contribution in [0.25, 0.3) is 0 Å². The van der Waals surface area contributed by atoms with Crippen LogP contribution in [0.3, 0.4) is 0 Å². The Morgan fingerprint density at radius 1 is 1.36 bits per heavy atom. The Balaban J connectivity index is 2.02. The van der Waals surface area contributed by atoms with E-state index in [4.69, 9.17) is 5.73 Å². The minimum absolute atomic E-state index is 0.636. The Bertz CT molecular complexity index is 398. The summed E-state index contributed by atoms with van der Waals surface area (Å²) in [6.07, 6.45) is 5.53. The zero-order valence-corrected chi connectivity index (χ0v) is 8.50. The molecule has 0 fully saturated rings. The highest BCUT2D eigenvalue weighted by atomic mass is 32.1. The lowest BCUT2D eigenvalue weighted by Crippen LogP contribution is -1.98. The molecule has 0 bridgehead atoms. The van der Waals surface area contributed by atoms with E-state index in [9.17, 15) is 0 Å². The zero-order chi connectivity index (χ0) is 9.80. The van der Waals surface area contributed by atoms with E-state index in [1.54, 1.807) is 17.5 Å². The van der Waals surface area contributed by atoms with Crippen LogP contribution in [-0.4, -0.2) is 9.97 Å². The van der Waals surface area contributed by atoms with Gasteiger partial charge in [0.1, 0.15) is 5.82 Å². The third-order valence-corrected chi connectivity index (χ3v) is 2.89. The normalized spacial score (nSPS) is 10.3. The zero-order valence-electron chi connectivity index (χ0n) is 7.68. The fourth-order valence-corrected chi connectivity index (χ4v) is 1.88. The summed E-state index contributed by atoms with van der Waals surface area (Å²) in [6, 6.07) is 3.93. The van der Waals surface area contributed by atoms with Crippen molar-refractivity contribution in [3.8, 4) is 0 Å². The van der Waals surface area contributed by atoms with Crippen molar-refractivity contribution in [2.75, 3.05) is 5.73 Å². The molecule has 0 unspecified atom stereocenters. The van der Waals surface area contributed by atoms with Crippen molar-refractivity contribution in [3.63, 3.8) is 0 Å². The molecule has 2 heterocycles. The van der Waals surface area contributed by atoms with Gasteiger partial charge in [0.25, 0.3) is 0 Å². The van der Waals surface area contributed by atoms with Crippen LogP contribution in [0.4, 0.5) is 5.82 Å². The second-order valence-corrected chi connectivity index (χ2v) is 3.99. The molecule has 0 saturated carbocycles. The molecule has 0 atom stereocenters. The summed E-state index contributed by atoms with van der Waals surface area (Å²) in [5, 5.41) is 0. The lowest BCUT2D eigenvalue weighted by atomic mass is 10.1. The number of hydrogen-bond donors (Lipinski definition) is 1. The second-order valence-electron chi connectivity index (χ2n) is 3.02. The number of nitrogens with two attached hydrogens (primary N) is 1.